The van der Waals surface area contributed by atoms with Crippen LogP contribution in [0.25, 0.3) is 10.9 Å². The lowest BCUT2D eigenvalue weighted by molar-refractivity contribution is 0.227. The molecule has 2 unspecified atom stereocenters. The lowest BCUT2D eigenvalue weighted by atomic mass is 9.89. The summed E-state index contributed by atoms with van der Waals surface area (Å²) in [5, 5.41) is 1.27. The Kier molecular flexibility index (Phi) is 2.84. The number of aryl methyl sites for hydroxylation is 1. The number of aromatic nitrogens is 2. The van der Waals surface area contributed by atoms with Crippen molar-refractivity contribution in [1.82, 2.24) is 14.5 Å². The van der Waals surface area contributed by atoms with Gasteiger partial charge in [0.15, 0.2) is 0 Å². The normalized spacial score (nSPS) is 25.7. The van der Waals surface area contributed by atoms with Crippen molar-refractivity contribution < 1.29 is 0 Å². The van der Waals surface area contributed by atoms with Gasteiger partial charge in [-0.25, -0.2) is 0 Å². The van der Waals surface area contributed by atoms with Crippen LogP contribution in [0.15, 0.2) is 24.7 Å². The van der Waals surface area contributed by atoms with E-state index in [-0.39, 0.29) is 6.04 Å². The summed E-state index contributed by atoms with van der Waals surface area (Å²) in [5.41, 5.74) is 8.78. The fraction of sp³-hybridized carbons (Fsp3) is 0.500. The van der Waals surface area contributed by atoms with Crippen molar-refractivity contribution in [2.75, 3.05) is 20.1 Å². The Morgan fingerprint density at radius 2 is 2.17 bits per heavy atom. The lowest BCUT2D eigenvalue weighted by Crippen LogP contribution is -2.44. The first kappa shape index (κ1) is 11.7. The first-order valence-electron chi connectivity index (χ1n) is 6.48. The summed E-state index contributed by atoms with van der Waals surface area (Å²) < 4.78 is 2.19. The third-order valence-corrected chi connectivity index (χ3v) is 3.93. The van der Waals surface area contributed by atoms with Gasteiger partial charge in [-0.15, -0.1) is 0 Å². The van der Waals surface area contributed by atoms with Crippen LogP contribution >= 0.6 is 0 Å². The number of fused-ring (bicyclic) bond motifs is 1. The predicted octanol–water partition coefficient (Wildman–Crippen LogP) is 1.32. The molecule has 2 aromatic heterocycles. The fourth-order valence-corrected chi connectivity index (χ4v) is 3.18. The van der Waals surface area contributed by atoms with E-state index in [1.807, 2.05) is 12.4 Å². The smallest absolute Gasteiger partial charge is 0.0511 e. The Labute approximate surface area is 107 Å². The number of piperidine rings is 1. The summed E-state index contributed by atoms with van der Waals surface area (Å²) in [6.45, 7) is 2.08. The van der Waals surface area contributed by atoms with Gasteiger partial charge in [0.1, 0.15) is 0 Å². The first-order chi connectivity index (χ1) is 8.65. The molecular weight excluding hydrogens is 224 g/mol. The van der Waals surface area contributed by atoms with E-state index in [1.54, 1.807) is 0 Å². The maximum absolute atomic E-state index is 6.14. The van der Waals surface area contributed by atoms with Crippen LogP contribution in [0.4, 0.5) is 0 Å². The van der Waals surface area contributed by atoms with Gasteiger partial charge < -0.3 is 15.2 Å². The van der Waals surface area contributed by atoms with Crippen molar-refractivity contribution in [1.29, 1.82) is 0 Å². The van der Waals surface area contributed by atoms with Gasteiger partial charge in [0.2, 0.25) is 0 Å². The van der Waals surface area contributed by atoms with E-state index in [0.29, 0.717) is 5.92 Å². The monoisotopic (exact) mass is 244 g/mol. The van der Waals surface area contributed by atoms with Crippen molar-refractivity contribution in [3.63, 3.8) is 0 Å². The Hall–Kier alpha value is -1.39. The highest BCUT2D eigenvalue weighted by Crippen LogP contribution is 2.32. The minimum atomic E-state index is 0.278. The molecule has 1 saturated heterocycles. The molecule has 18 heavy (non-hydrogen) atoms. The Morgan fingerprint density at radius 1 is 1.33 bits per heavy atom. The van der Waals surface area contributed by atoms with Gasteiger partial charge in [-0.1, -0.05) is 0 Å². The molecule has 0 saturated carbocycles. The van der Waals surface area contributed by atoms with E-state index in [1.165, 1.54) is 16.5 Å². The van der Waals surface area contributed by atoms with Crippen LogP contribution in [0.1, 0.15) is 17.9 Å². The molecular formula is C14H20N4. The molecule has 2 N–H and O–H groups in total. The van der Waals surface area contributed by atoms with E-state index < -0.39 is 0 Å². The van der Waals surface area contributed by atoms with Gasteiger partial charge in [-0.3, -0.25) is 4.98 Å². The van der Waals surface area contributed by atoms with Crippen LogP contribution in [-0.4, -0.2) is 40.6 Å². The highest BCUT2D eigenvalue weighted by atomic mass is 15.1. The van der Waals surface area contributed by atoms with Crippen LogP contribution in [0.3, 0.4) is 0 Å². The maximum Gasteiger partial charge on any atom is 0.0511 e. The van der Waals surface area contributed by atoms with E-state index in [0.717, 1.165) is 19.5 Å². The van der Waals surface area contributed by atoms with Crippen molar-refractivity contribution in [3.05, 3.63) is 30.2 Å². The molecule has 3 heterocycles. The highest BCUT2D eigenvalue weighted by molar-refractivity contribution is 5.83. The van der Waals surface area contributed by atoms with Crippen molar-refractivity contribution >= 4 is 10.9 Å². The topological polar surface area (TPSA) is 47.1 Å². The van der Waals surface area contributed by atoms with Crippen molar-refractivity contribution in [2.45, 2.75) is 18.4 Å². The quantitative estimate of drug-likeness (QED) is 0.823. The number of likely N-dealkylation sites (N-methyl/N-ethyl adjacent to an activating group) is 1. The summed E-state index contributed by atoms with van der Waals surface area (Å²) in [5.74, 6) is 0.520. The second-order valence-electron chi connectivity index (χ2n) is 5.50. The third kappa shape index (κ3) is 1.91. The predicted molar refractivity (Wildman–Crippen MR) is 73.5 cm³/mol. The zero-order valence-corrected chi connectivity index (χ0v) is 11.0. The number of nitrogens with zero attached hydrogens (tertiary/aromatic N) is 3. The van der Waals surface area contributed by atoms with Crippen LogP contribution in [0.2, 0.25) is 0 Å². The van der Waals surface area contributed by atoms with Gasteiger partial charge in [0, 0.05) is 56.1 Å². The number of nitrogens with two attached hydrogens (primary N) is 1. The molecule has 1 aliphatic heterocycles. The van der Waals surface area contributed by atoms with E-state index in [9.17, 15) is 0 Å². The summed E-state index contributed by atoms with van der Waals surface area (Å²) in [6, 6.07) is 2.35. The van der Waals surface area contributed by atoms with Crippen molar-refractivity contribution in [3.8, 4) is 0 Å². The van der Waals surface area contributed by atoms with Crippen LogP contribution < -0.4 is 5.73 Å². The van der Waals surface area contributed by atoms with Crippen LogP contribution in [0, 0.1) is 0 Å². The lowest BCUT2D eigenvalue weighted by Gasteiger charge is -2.33. The number of hydrogen-bond donors (Lipinski definition) is 1. The largest absolute Gasteiger partial charge is 0.350 e. The summed E-state index contributed by atoms with van der Waals surface area (Å²) in [7, 11) is 4.24. The van der Waals surface area contributed by atoms with Gasteiger partial charge >= 0.3 is 0 Å². The molecule has 0 bridgehead atoms. The first-order valence-corrected chi connectivity index (χ1v) is 6.48. The fourth-order valence-electron chi connectivity index (χ4n) is 3.18. The molecule has 2 atom stereocenters. The van der Waals surface area contributed by atoms with Gasteiger partial charge in [-0.2, -0.15) is 0 Å². The second kappa shape index (κ2) is 4.37. The van der Waals surface area contributed by atoms with Gasteiger partial charge in [0.05, 0.1) is 5.52 Å². The molecule has 2 aromatic rings. The van der Waals surface area contributed by atoms with E-state index in [4.69, 9.17) is 5.73 Å². The molecule has 3 rings (SSSR count). The summed E-state index contributed by atoms with van der Waals surface area (Å²) in [4.78, 5) is 6.59. The minimum Gasteiger partial charge on any atom is -0.350 e. The number of rotatable bonds is 1. The SMILES string of the molecule is CN1CC(N)CC(c2cn(C)c3ccncc23)C1. The number of likely N-dealkylation sites (tertiary alicyclic amines) is 1. The average Bonchev–Trinajstić information content (AvgIpc) is 2.66. The molecule has 1 fully saturated rings. The zero-order chi connectivity index (χ0) is 12.7. The van der Waals surface area contributed by atoms with Crippen LogP contribution in [-0.2, 0) is 7.05 Å². The Bertz CT molecular complexity index is 550. The summed E-state index contributed by atoms with van der Waals surface area (Å²) >= 11 is 0. The van der Waals surface area contributed by atoms with Gasteiger partial charge in [-0.05, 0) is 25.1 Å². The Balaban J connectivity index is 2.03. The molecule has 0 radical (unpaired) electrons. The third-order valence-electron chi connectivity index (χ3n) is 3.93. The molecule has 4 heteroatoms. The molecule has 0 spiro atoms. The van der Waals surface area contributed by atoms with E-state index >= 15 is 0 Å². The van der Waals surface area contributed by atoms with E-state index in [2.05, 4.69) is 40.8 Å². The maximum atomic E-state index is 6.14. The molecule has 0 amide bonds. The highest BCUT2D eigenvalue weighted by Gasteiger charge is 2.26. The zero-order valence-electron chi connectivity index (χ0n) is 11.0. The Morgan fingerprint density at radius 3 is 2.94 bits per heavy atom. The molecule has 4 nitrogen and oxygen atoms in total. The molecule has 1 aliphatic rings. The van der Waals surface area contributed by atoms with Crippen LogP contribution in [0.5, 0.6) is 0 Å². The second-order valence-corrected chi connectivity index (χ2v) is 5.50. The van der Waals surface area contributed by atoms with Crippen molar-refractivity contribution in [2.24, 2.45) is 12.8 Å². The standard InChI is InChI=1S/C14H20N4/c1-17-7-10(5-11(15)8-17)13-9-18(2)14-3-4-16-6-12(13)14/h3-4,6,9-11H,5,7-8,15H2,1-2H3. The molecule has 0 aromatic carbocycles. The minimum absolute atomic E-state index is 0.278. The average molecular weight is 244 g/mol. The number of pyridine rings is 1. The molecule has 96 valence electrons. The van der Waals surface area contributed by atoms with Gasteiger partial charge in [0.25, 0.3) is 0 Å². The summed E-state index contributed by atoms with van der Waals surface area (Å²) in [6.07, 6.45) is 7.14. The number of hydrogen-bond acceptors (Lipinski definition) is 3. The molecule has 0 aliphatic carbocycles.